The van der Waals surface area contributed by atoms with Gasteiger partial charge in [-0.05, 0) is 19.3 Å². The number of unbranched alkanes of at least 4 members (excludes halogenated alkanes) is 13. The Morgan fingerprint density at radius 2 is 0.857 bits per heavy atom. The Hall–Kier alpha value is -0.260. The van der Waals surface area contributed by atoms with Crippen LogP contribution in [0.15, 0.2) is 12.2 Å². The number of allylic oxidation sites excluding steroid dienone is 1. The second-order valence-corrected chi connectivity index (χ2v) is 6.85. The molecule has 0 aliphatic carbocycles. The standard InChI is InChI=1S/C21H42/c1-4-6-7-8-9-10-11-12-13-14-15-16-17-18-20-21(3)19-5-2/h3-20H2,1-2H3. The van der Waals surface area contributed by atoms with Crippen LogP contribution in [0.3, 0.4) is 0 Å². The van der Waals surface area contributed by atoms with Crippen molar-refractivity contribution >= 4 is 0 Å². The first kappa shape index (κ1) is 20.7. The molecule has 0 nitrogen and oxygen atoms in total. The summed E-state index contributed by atoms with van der Waals surface area (Å²) in [6.07, 6.45) is 24.0. The average molecular weight is 295 g/mol. The fourth-order valence-corrected chi connectivity index (χ4v) is 3.05. The molecule has 0 unspecified atom stereocenters. The Labute approximate surface area is 135 Å². The molecule has 0 bridgehead atoms. The molecule has 0 radical (unpaired) electrons. The van der Waals surface area contributed by atoms with Gasteiger partial charge in [0.2, 0.25) is 0 Å². The minimum atomic E-state index is 1.23. The third kappa shape index (κ3) is 17.7. The van der Waals surface area contributed by atoms with E-state index in [4.69, 9.17) is 0 Å². The lowest BCUT2D eigenvalue weighted by Gasteiger charge is -2.04. The molecule has 21 heavy (non-hydrogen) atoms. The van der Waals surface area contributed by atoms with E-state index in [0.29, 0.717) is 0 Å². The summed E-state index contributed by atoms with van der Waals surface area (Å²) in [5, 5.41) is 0. The summed E-state index contributed by atoms with van der Waals surface area (Å²) in [5.41, 5.74) is 1.47. The second-order valence-electron chi connectivity index (χ2n) is 6.85. The lowest BCUT2D eigenvalue weighted by atomic mass is 10.0. The van der Waals surface area contributed by atoms with Crippen molar-refractivity contribution in [1.82, 2.24) is 0 Å². The van der Waals surface area contributed by atoms with Crippen LogP contribution in [0, 0.1) is 0 Å². The van der Waals surface area contributed by atoms with Crippen LogP contribution in [0.1, 0.15) is 123 Å². The third-order valence-corrected chi connectivity index (χ3v) is 4.49. The van der Waals surface area contributed by atoms with Crippen LogP contribution in [0.5, 0.6) is 0 Å². The van der Waals surface area contributed by atoms with Gasteiger partial charge < -0.3 is 0 Å². The second kappa shape index (κ2) is 17.8. The maximum absolute atomic E-state index is 4.14. The lowest BCUT2D eigenvalue weighted by Crippen LogP contribution is -1.85. The van der Waals surface area contributed by atoms with Gasteiger partial charge in [0.05, 0.1) is 0 Å². The van der Waals surface area contributed by atoms with Gasteiger partial charge in [-0.15, -0.1) is 0 Å². The summed E-state index contributed by atoms with van der Waals surface area (Å²) in [5.74, 6) is 0. The van der Waals surface area contributed by atoms with Crippen molar-refractivity contribution in [2.45, 2.75) is 123 Å². The average Bonchev–Trinajstić information content (AvgIpc) is 2.48. The molecule has 0 spiro atoms. The zero-order valence-electron chi connectivity index (χ0n) is 15.2. The molecule has 0 aromatic heterocycles. The highest BCUT2D eigenvalue weighted by molar-refractivity contribution is 4.92. The fraction of sp³-hybridized carbons (Fsp3) is 0.905. The number of rotatable bonds is 17. The van der Waals surface area contributed by atoms with Gasteiger partial charge in [0.15, 0.2) is 0 Å². The maximum atomic E-state index is 4.14. The van der Waals surface area contributed by atoms with E-state index in [2.05, 4.69) is 20.4 Å². The van der Waals surface area contributed by atoms with E-state index in [-0.39, 0.29) is 0 Å². The molecule has 0 rings (SSSR count). The molecule has 0 aromatic carbocycles. The van der Waals surface area contributed by atoms with Gasteiger partial charge in [0.25, 0.3) is 0 Å². The van der Waals surface area contributed by atoms with Crippen LogP contribution in [0.25, 0.3) is 0 Å². The first-order valence-electron chi connectivity index (χ1n) is 9.97. The topological polar surface area (TPSA) is 0 Å². The van der Waals surface area contributed by atoms with Gasteiger partial charge in [-0.2, -0.15) is 0 Å². The molecule has 0 saturated carbocycles. The van der Waals surface area contributed by atoms with Crippen molar-refractivity contribution in [3.8, 4) is 0 Å². The number of hydrogen-bond acceptors (Lipinski definition) is 0. The summed E-state index contributed by atoms with van der Waals surface area (Å²) in [6, 6.07) is 0. The quantitative estimate of drug-likeness (QED) is 0.187. The molecule has 0 fully saturated rings. The van der Waals surface area contributed by atoms with E-state index < -0.39 is 0 Å². The van der Waals surface area contributed by atoms with Crippen LogP contribution in [-0.4, -0.2) is 0 Å². The summed E-state index contributed by atoms with van der Waals surface area (Å²) < 4.78 is 0. The normalized spacial score (nSPS) is 11.0. The van der Waals surface area contributed by atoms with Crippen molar-refractivity contribution in [2.75, 3.05) is 0 Å². The summed E-state index contributed by atoms with van der Waals surface area (Å²) in [6.45, 7) is 8.68. The Morgan fingerprint density at radius 1 is 0.476 bits per heavy atom. The van der Waals surface area contributed by atoms with E-state index in [1.165, 1.54) is 115 Å². The number of hydrogen-bond donors (Lipinski definition) is 0. The van der Waals surface area contributed by atoms with Gasteiger partial charge in [-0.3, -0.25) is 0 Å². The molecular weight excluding hydrogens is 252 g/mol. The molecule has 0 saturated heterocycles. The minimum Gasteiger partial charge on any atom is -0.0999 e. The molecule has 0 atom stereocenters. The van der Waals surface area contributed by atoms with Crippen molar-refractivity contribution in [3.63, 3.8) is 0 Å². The monoisotopic (exact) mass is 294 g/mol. The predicted molar refractivity (Wildman–Crippen MR) is 99.0 cm³/mol. The fourth-order valence-electron chi connectivity index (χ4n) is 3.05. The third-order valence-electron chi connectivity index (χ3n) is 4.49. The molecule has 0 N–H and O–H groups in total. The molecule has 0 heterocycles. The lowest BCUT2D eigenvalue weighted by molar-refractivity contribution is 0.535. The highest BCUT2D eigenvalue weighted by Gasteiger charge is 1.95. The van der Waals surface area contributed by atoms with Gasteiger partial charge in [-0.1, -0.05) is 116 Å². The van der Waals surface area contributed by atoms with Gasteiger partial charge in [-0.25, -0.2) is 0 Å². The van der Waals surface area contributed by atoms with E-state index in [9.17, 15) is 0 Å². The first-order chi connectivity index (χ1) is 10.3. The Kier molecular flexibility index (Phi) is 17.6. The highest BCUT2D eigenvalue weighted by atomic mass is 14.0. The van der Waals surface area contributed by atoms with Crippen LogP contribution < -0.4 is 0 Å². The van der Waals surface area contributed by atoms with Crippen molar-refractivity contribution < 1.29 is 0 Å². The van der Waals surface area contributed by atoms with Crippen LogP contribution in [0.2, 0.25) is 0 Å². The van der Waals surface area contributed by atoms with Crippen molar-refractivity contribution in [1.29, 1.82) is 0 Å². The largest absolute Gasteiger partial charge is 0.0999 e. The smallest absolute Gasteiger partial charge is 0.0323 e. The van der Waals surface area contributed by atoms with E-state index in [1.807, 2.05) is 0 Å². The van der Waals surface area contributed by atoms with Gasteiger partial charge in [0.1, 0.15) is 0 Å². The van der Waals surface area contributed by atoms with Crippen LogP contribution in [0.4, 0.5) is 0 Å². The summed E-state index contributed by atoms with van der Waals surface area (Å²) in [7, 11) is 0. The van der Waals surface area contributed by atoms with Crippen LogP contribution >= 0.6 is 0 Å². The molecule has 0 aliphatic heterocycles. The molecular formula is C21H42. The predicted octanol–water partition coefficient (Wildman–Crippen LogP) is 8.21. The minimum absolute atomic E-state index is 1.23. The zero-order valence-corrected chi connectivity index (χ0v) is 15.2. The summed E-state index contributed by atoms with van der Waals surface area (Å²) >= 11 is 0. The molecule has 0 aliphatic rings. The van der Waals surface area contributed by atoms with Gasteiger partial charge in [0, 0.05) is 0 Å². The molecule has 0 heteroatoms. The first-order valence-corrected chi connectivity index (χ1v) is 9.97. The van der Waals surface area contributed by atoms with Gasteiger partial charge >= 0.3 is 0 Å². The zero-order chi connectivity index (χ0) is 15.6. The maximum Gasteiger partial charge on any atom is -0.0323 e. The molecule has 0 aromatic rings. The Morgan fingerprint density at radius 3 is 1.24 bits per heavy atom. The van der Waals surface area contributed by atoms with E-state index >= 15 is 0 Å². The van der Waals surface area contributed by atoms with E-state index in [0.717, 1.165) is 0 Å². The SMILES string of the molecule is C=C(CCC)CCCCCCCCCCCCCCCC. The molecule has 0 amide bonds. The van der Waals surface area contributed by atoms with Crippen molar-refractivity contribution in [2.24, 2.45) is 0 Å². The molecule has 126 valence electrons. The highest BCUT2D eigenvalue weighted by Crippen LogP contribution is 2.15. The van der Waals surface area contributed by atoms with Crippen molar-refractivity contribution in [3.05, 3.63) is 12.2 Å². The van der Waals surface area contributed by atoms with E-state index in [1.54, 1.807) is 0 Å². The Bertz CT molecular complexity index is 204. The summed E-state index contributed by atoms with van der Waals surface area (Å²) in [4.78, 5) is 0. The Balaban J connectivity index is 3.01. The van der Waals surface area contributed by atoms with Crippen LogP contribution in [-0.2, 0) is 0 Å².